The average molecular weight is 354 g/mol. The molecule has 0 amide bonds. The van der Waals surface area contributed by atoms with Gasteiger partial charge in [0.15, 0.2) is 12.4 Å². The highest BCUT2D eigenvalue weighted by molar-refractivity contribution is 9.10. The molecule has 0 heterocycles. The zero-order valence-corrected chi connectivity index (χ0v) is 13.6. The van der Waals surface area contributed by atoms with Crippen LogP contribution in [0.2, 0.25) is 5.02 Å². The van der Waals surface area contributed by atoms with Gasteiger partial charge in [0.25, 0.3) is 0 Å². The van der Waals surface area contributed by atoms with Crippen LogP contribution in [0.25, 0.3) is 0 Å². The van der Waals surface area contributed by atoms with Gasteiger partial charge >= 0.3 is 0 Å². The lowest BCUT2D eigenvalue weighted by atomic mass is 10.1. The third-order valence-corrected chi connectivity index (χ3v) is 4.41. The standard InChI is InChI=1S/C16H14BrClO2/c1-10-6-14(7-11(2)16(10)17)20-9-15(19)12-4-3-5-13(18)8-12/h3-8H,9H2,1-2H3. The number of carbonyl (C=O) groups is 1. The van der Waals surface area contributed by atoms with Crippen molar-refractivity contribution in [2.45, 2.75) is 13.8 Å². The number of ether oxygens (including phenoxy) is 1. The monoisotopic (exact) mass is 352 g/mol. The van der Waals surface area contributed by atoms with E-state index in [-0.39, 0.29) is 12.4 Å². The maximum Gasteiger partial charge on any atom is 0.200 e. The molecule has 0 spiro atoms. The molecule has 0 saturated carbocycles. The Morgan fingerprint density at radius 2 is 1.85 bits per heavy atom. The summed E-state index contributed by atoms with van der Waals surface area (Å²) in [6.45, 7) is 3.98. The van der Waals surface area contributed by atoms with Gasteiger partial charge in [-0.25, -0.2) is 0 Å². The molecule has 4 heteroatoms. The van der Waals surface area contributed by atoms with Gasteiger partial charge in [-0.15, -0.1) is 0 Å². The van der Waals surface area contributed by atoms with E-state index >= 15 is 0 Å². The van der Waals surface area contributed by atoms with Crippen LogP contribution in [0.4, 0.5) is 0 Å². The zero-order valence-electron chi connectivity index (χ0n) is 11.2. The van der Waals surface area contributed by atoms with E-state index < -0.39 is 0 Å². The van der Waals surface area contributed by atoms with Crippen molar-refractivity contribution < 1.29 is 9.53 Å². The Morgan fingerprint density at radius 3 is 2.45 bits per heavy atom. The zero-order chi connectivity index (χ0) is 14.7. The van der Waals surface area contributed by atoms with Crippen molar-refractivity contribution in [3.63, 3.8) is 0 Å². The fourth-order valence-electron chi connectivity index (χ4n) is 1.88. The molecule has 0 bridgehead atoms. The Hall–Kier alpha value is -1.32. The second-order valence-electron chi connectivity index (χ2n) is 4.59. The maximum absolute atomic E-state index is 12.0. The van der Waals surface area contributed by atoms with Crippen LogP contribution >= 0.6 is 27.5 Å². The van der Waals surface area contributed by atoms with Crippen molar-refractivity contribution in [2.24, 2.45) is 0 Å². The number of aryl methyl sites for hydroxylation is 2. The van der Waals surface area contributed by atoms with Gasteiger partial charge in [0.05, 0.1) is 0 Å². The SMILES string of the molecule is Cc1cc(OCC(=O)c2cccc(Cl)c2)cc(C)c1Br. The summed E-state index contributed by atoms with van der Waals surface area (Å²) in [7, 11) is 0. The molecule has 0 N–H and O–H groups in total. The van der Waals surface area contributed by atoms with Crippen molar-refractivity contribution in [1.82, 2.24) is 0 Å². The van der Waals surface area contributed by atoms with Crippen molar-refractivity contribution >= 4 is 33.3 Å². The van der Waals surface area contributed by atoms with Crippen LogP contribution in [-0.4, -0.2) is 12.4 Å². The van der Waals surface area contributed by atoms with Crippen molar-refractivity contribution in [3.8, 4) is 5.75 Å². The molecule has 2 aromatic carbocycles. The molecule has 104 valence electrons. The molecular weight excluding hydrogens is 340 g/mol. The number of rotatable bonds is 4. The number of Topliss-reactive ketones (excluding diaryl/α,β-unsaturated/α-hetero) is 1. The Morgan fingerprint density at radius 1 is 1.20 bits per heavy atom. The lowest BCUT2D eigenvalue weighted by molar-refractivity contribution is 0.0921. The van der Waals surface area contributed by atoms with Crippen LogP contribution < -0.4 is 4.74 Å². The fraction of sp³-hybridized carbons (Fsp3) is 0.188. The van der Waals surface area contributed by atoms with Crippen LogP contribution in [0.3, 0.4) is 0 Å². The van der Waals surface area contributed by atoms with Crippen molar-refractivity contribution in [1.29, 1.82) is 0 Å². The molecule has 0 radical (unpaired) electrons. The van der Waals surface area contributed by atoms with Gasteiger partial charge in [0.2, 0.25) is 0 Å². The first-order valence-corrected chi connectivity index (χ1v) is 7.33. The second-order valence-corrected chi connectivity index (χ2v) is 5.82. The van der Waals surface area contributed by atoms with Crippen LogP contribution in [0, 0.1) is 13.8 Å². The summed E-state index contributed by atoms with van der Waals surface area (Å²) in [5, 5.41) is 0.547. The van der Waals surface area contributed by atoms with Gasteiger partial charge in [-0.3, -0.25) is 4.79 Å². The van der Waals surface area contributed by atoms with Crippen LogP contribution in [0.15, 0.2) is 40.9 Å². The number of halogens is 2. The smallest absolute Gasteiger partial charge is 0.200 e. The van der Waals surface area contributed by atoms with Gasteiger partial charge in [-0.1, -0.05) is 39.7 Å². The predicted molar refractivity (Wildman–Crippen MR) is 84.9 cm³/mol. The van der Waals surface area contributed by atoms with E-state index in [4.69, 9.17) is 16.3 Å². The highest BCUT2D eigenvalue weighted by Gasteiger charge is 2.09. The topological polar surface area (TPSA) is 26.3 Å². The van der Waals surface area contributed by atoms with E-state index in [0.29, 0.717) is 16.3 Å². The lowest BCUT2D eigenvalue weighted by Crippen LogP contribution is -2.11. The normalized spacial score (nSPS) is 10.4. The molecular formula is C16H14BrClO2. The van der Waals surface area contributed by atoms with Gasteiger partial charge in [0, 0.05) is 15.1 Å². The number of carbonyl (C=O) groups excluding carboxylic acids is 1. The van der Waals surface area contributed by atoms with Crippen LogP contribution in [0.1, 0.15) is 21.5 Å². The molecule has 0 aliphatic carbocycles. The molecule has 0 aromatic heterocycles. The Balaban J connectivity index is 2.07. The summed E-state index contributed by atoms with van der Waals surface area (Å²) in [5.74, 6) is 0.601. The molecule has 2 nitrogen and oxygen atoms in total. The van der Waals surface area contributed by atoms with Crippen molar-refractivity contribution in [2.75, 3.05) is 6.61 Å². The van der Waals surface area contributed by atoms with E-state index in [2.05, 4.69) is 15.9 Å². The molecule has 0 fully saturated rings. The molecule has 2 aromatic rings. The molecule has 2 rings (SSSR count). The Bertz CT molecular complexity index is 630. The van der Waals surface area contributed by atoms with Crippen LogP contribution in [-0.2, 0) is 0 Å². The summed E-state index contributed by atoms with van der Waals surface area (Å²) >= 11 is 9.37. The first-order valence-electron chi connectivity index (χ1n) is 6.15. The molecule has 0 aliphatic rings. The molecule has 0 atom stereocenters. The van der Waals surface area contributed by atoms with E-state index in [1.807, 2.05) is 26.0 Å². The summed E-state index contributed by atoms with van der Waals surface area (Å²) in [6, 6.07) is 10.7. The lowest BCUT2D eigenvalue weighted by Gasteiger charge is -2.09. The molecule has 0 aliphatic heterocycles. The summed E-state index contributed by atoms with van der Waals surface area (Å²) < 4.78 is 6.63. The Kier molecular flexibility index (Phi) is 4.84. The first kappa shape index (κ1) is 15.1. The van der Waals surface area contributed by atoms with Gasteiger partial charge < -0.3 is 4.74 Å². The van der Waals surface area contributed by atoms with E-state index in [1.165, 1.54) is 0 Å². The summed E-state index contributed by atoms with van der Waals surface area (Å²) in [5.41, 5.74) is 2.72. The van der Waals surface area contributed by atoms with Gasteiger partial charge in [-0.2, -0.15) is 0 Å². The summed E-state index contributed by atoms with van der Waals surface area (Å²) in [4.78, 5) is 12.0. The fourth-order valence-corrected chi connectivity index (χ4v) is 2.30. The van der Waals surface area contributed by atoms with Gasteiger partial charge in [-0.05, 0) is 49.2 Å². The quantitative estimate of drug-likeness (QED) is 0.725. The van der Waals surface area contributed by atoms with Gasteiger partial charge in [0.1, 0.15) is 5.75 Å². The second kappa shape index (κ2) is 6.42. The molecule has 0 unspecified atom stereocenters. The summed E-state index contributed by atoms with van der Waals surface area (Å²) in [6.07, 6.45) is 0. The maximum atomic E-state index is 12.0. The minimum absolute atomic E-state index is 0.000848. The number of benzene rings is 2. The third kappa shape index (κ3) is 3.62. The number of hydrogen-bond donors (Lipinski definition) is 0. The average Bonchev–Trinajstić information content (AvgIpc) is 2.42. The highest BCUT2D eigenvalue weighted by Crippen LogP contribution is 2.26. The van der Waals surface area contributed by atoms with Crippen molar-refractivity contribution in [3.05, 3.63) is 62.6 Å². The minimum atomic E-state index is -0.0919. The van der Waals surface area contributed by atoms with E-state index in [1.54, 1.807) is 24.3 Å². The first-order chi connectivity index (χ1) is 9.47. The third-order valence-electron chi connectivity index (χ3n) is 2.93. The largest absolute Gasteiger partial charge is 0.485 e. The number of hydrogen-bond acceptors (Lipinski definition) is 2. The molecule has 0 saturated heterocycles. The predicted octanol–water partition coefficient (Wildman–Crippen LogP) is 4.98. The highest BCUT2D eigenvalue weighted by atomic mass is 79.9. The molecule has 20 heavy (non-hydrogen) atoms. The Labute approximate surface area is 131 Å². The minimum Gasteiger partial charge on any atom is -0.485 e. The van der Waals surface area contributed by atoms with E-state index in [9.17, 15) is 4.79 Å². The van der Waals surface area contributed by atoms with Crippen LogP contribution in [0.5, 0.6) is 5.75 Å². The number of ketones is 1. The van der Waals surface area contributed by atoms with E-state index in [0.717, 1.165) is 15.6 Å².